The fraction of sp³-hybridized carbons (Fsp3) is 0.450. The lowest BCUT2D eigenvalue weighted by Crippen LogP contribution is -2.30. The van der Waals surface area contributed by atoms with E-state index in [4.69, 9.17) is 15.2 Å². The molecule has 0 aliphatic heterocycles. The third-order valence-corrected chi connectivity index (χ3v) is 11.4. The molecule has 3 rings (SSSR count). The Hall–Kier alpha value is -2.36. The minimum atomic E-state index is -5.83. The van der Waals surface area contributed by atoms with Crippen LogP contribution in [0.25, 0.3) is 11.2 Å². The predicted octanol–water partition coefficient (Wildman–Crippen LogP) is 4.92. The molecule has 0 saturated carbocycles. The van der Waals surface area contributed by atoms with Crippen molar-refractivity contribution in [2.75, 3.05) is 25.2 Å². The van der Waals surface area contributed by atoms with E-state index in [-0.39, 0.29) is 17.1 Å². The van der Waals surface area contributed by atoms with E-state index in [0.717, 1.165) is 18.7 Å². The second kappa shape index (κ2) is 11.9. The Bertz CT molecular complexity index is 1420. The number of halogens is 6. The number of anilines is 1. The summed E-state index contributed by atoms with van der Waals surface area (Å²) < 4.78 is 114. The lowest BCUT2D eigenvalue weighted by atomic mass is 10.3. The number of benzene rings is 1. The Labute approximate surface area is 227 Å². The molecule has 0 bridgehead atoms. The van der Waals surface area contributed by atoms with Crippen LogP contribution in [0.1, 0.15) is 6.92 Å². The van der Waals surface area contributed by atoms with Gasteiger partial charge in [-0.2, -0.15) is 31.3 Å². The summed E-state index contributed by atoms with van der Waals surface area (Å²) >= 11 is 1.15. The summed E-state index contributed by atoms with van der Waals surface area (Å²) in [6.07, 6.45) is -16.0. The van der Waals surface area contributed by atoms with E-state index < -0.39 is 57.6 Å². The van der Waals surface area contributed by atoms with Crippen molar-refractivity contribution in [3.05, 3.63) is 30.6 Å². The van der Waals surface area contributed by atoms with Gasteiger partial charge in [0.15, 0.2) is 5.65 Å². The van der Waals surface area contributed by atoms with Crippen LogP contribution < -0.4 is 10.5 Å². The molecule has 4 N–H and O–H groups in total. The maximum atomic E-state index is 12.9. The molecule has 0 fully saturated rings. The summed E-state index contributed by atoms with van der Waals surface area (Å²) in [5.74, 6) is 0.369. The highest BCUT2D eigenvalue weighted by molar-refractivity contribution is 7.99. The molecular weight excluding hydrogens is 614 g/mol. The van der Waals surface area contributed by atoms with Gasteiger partial charge in [0.25, 0.3) is 0 Å². The first-order valence-electron chi connectivity index (χ1n) is 11.0. The van der Waals surface area contributed by atoms with Gasteiger partial charge in [0.2, 0.25) is 26.3 Å². The number of alkyl halides is 6. The second-order valence-electron chi connectivity index (χ2n) is 8.57. The van der Waals surface area contributed by atoms with Crippen molar-refractivity contribution in [3.63, 3.8) is 0 Å². The number of imidazole rings is 1. The van der Waals surface area contributed by atoms with Crippen molar-refractivity contribution < 1.29 is 54.7 Å². The van der Waals surface area contributed by atoms with Crippen LogP contribution in [0.15, 0.2) is 40.5 Å². The first-order chi connectivity index (χ1) is 18.3. The lowest BCUT2D eigenvalue weighted by Gasteiger charge is -2.30. The van der Waals surface area contributed by atoms with Gasteiger partial charge in [-0.3, -0.25) is 9.13 Å². The number of methoxy groups -OCH3 is 1. The molecule has 3 atom stereocenters. The van der Waals surface area contributed by atoms with Gasteiger partial charge in [-0.15, -0.1) is 0 Å². The number of hydrogen-bond donors (Lipinski definition) is 3. The van der Waals surface area contributed by atoms with Gasteiger partial charge in [0, 0.05) is 4.90 Å². The molecule has 0 radical (unpaired) electrons. The molecule has 20 heteroatoms. The Morgan fingerprint density at radius 3 is 2.23 bits per heavy atom. The minimum absolute atomic E-state index is 0.0924. The predicted molar refractivity (Wildman–Crippen MR) is 133 cm³/mol. The van der Waals surface area contributed by atoms with E-state index >= 15 is 0 Å². The van der Waals surface area contributed by atoms with E-state index in [9.17, 15) is 45.3 Å². The van der Waals surface area contributed by atoms with Crippen molar-refractivity contribution >= 4 is 43.6 Å². The van der Waals surface area contributed by atoms with Gasteiger partial charge in [-0.05, 0) is 25.1 Å². The molecule has 222 valence electrons. The second-order valence-corrected chi connectivity index (χ2v) is 14.6. The van der Waals surface area contributed by atoms with Crippen LogP contribution in [0.3, 0.4) is 0 Å². The third kappa shape index (κ3) is 8.57. The third-order valence-electron chi connectivity index (χ3n) is 5.01. The smallest absolute Gasteiger partial charge is 0.398 e. The molecule has 2 aromatic heterocycles. The van der Waals surface area contributed by atoms with E-state index in [1.54, 1.807) is 24.3 Å². The van der Waals surface area contributed by atoms with Crippen LogP contribution in [0.5, 0.6) is 5.75 Å². The van der Waals surface area contributed by atoms with Crippen LogP contribution in [0, 0.1) is 0 Å². The molecular formula is C20H23F6N5O6P2S. The van der Waals surface area contributed by atoms with Gasteiger partial charge in [0.1, 0.15) is 28.6 Å². The number of aromatic nitrogens is 4. The van der Waals surface area contributed by atoms with E-state index in [1.165, 1.54) is 18.0 Å². The first-order valence-corrected chi connectivity index (χ1v) is 15.7. The van der Waals surface area contributed by atoms with E-state index in [0.29, 0.717) is 15.7 Å². The fourth-order valence-electron chi connectivity index (χ4n) is 3.59. The molecule has 0 aliphatic carbocycles. The Morgan fingerprint density at radius 2 is 1.68 bits per heavy atom. The van der Waals surface area contributed by atoms with Gasteiger partial charge in [-0.1, -0.05) is 17.8 Å². The molecule has 1 aromatic carbocycles. The Balaban J connectivity index is 1.91. The number of nitrogens with two attached hydrogens (primary N) is 1. The number of rotatable bonds is 11. The van der Waals surface area contributed by atoms with Gasteiger partial charge in [-0.25, -0.2) is 9.97 Å². The number of hydrogen-bond acceptors (Lipinski definition) is 9. The highest BCUT2D eigenvalue weighted by Gasteiger charge is 2.55. The maximum Gasteiger partial charge on any atom is 0.398 e. The summed E-state index contributed by atoms with van der Waals surface area (Å²) in [6.45, 7) is 0.710. The summed E-state index contributed by atoms with van der Waals surface area (Å²) in [6, 6.07) is 6.92. The Kier molecular flexibility index (Phi) is 9.54. The number of fused-ring (bicyclic) bond motifs is 1. The van der Waals surface area contributed by atoms with Crippen LogP contribution in [-0.4, -0.2) is 72.8 Å². The maximum absolute atomic E-state index is 12.9. The van der Waals surface area contributed by atoms with Crippen molar-refractivity contribution in [1.29, 1.82) is 0 Å². The highest BCUT2D eigenvalue weighted by Crippen LogP contribution is 2.67. The van der Waals surface area contributed by atoms with Crippen molar-refractivity contribution in [2.24, 2.45) is 0 Å². The summed E-state index contributed by atoms with van der Waals surface area (Å²) in [5, 5.41) is 0.302. The topological polar surface area (TPSA) is 163 Å². The standard InChI is InChI=1S/C20H23F6N5O6P2S/c1-11(37-18(38(32,33)8-19(21,22)23)39(34,35)9-20(24,25)26)7-31-10-28-14-15(31)29-17(27)30-16(14)40-13-5-3-4-12(6-13)36-2/h3-6,10-11,18H,7-9H2,1-2H3,(H,32,33)(H,34,35)(H2,27,29,30). The van der Waals surface area contributed by atoms with Crippen LogP contribution in [0.2, 0.25) is 0 Å². The van der Waals surface area contributed by atoms with E-state index in [1.807, 2.05) is 0 Å². The fourth-order valence-corrected chi connectivity index (χ4v) is 9.39. The van der Waals surface area contributed by atoms with Crippen LogP contribution in [0.4, 0.5) is 32.3 Å². The summed E-state index contributed by atoms with van der Waals surface area (Å²) in [4.78, 5) is 33.1. The molecule has 0 saturated heterocycles. The minimum Gasteiger partial charge on any atom is -0.497 e. The first kappa shape index (κ1) is 32.2. The van der Waals surface area contributed by atoms with E-state index in [2.05, 4.69) is 15.0 Å². The highest BCUT2D eigenvalue weighted by atomic mass is 32.2. The average molecular weight is 637 g/mol. The molecule has 3 aromatic rings. The number of nitrogens with zero attached hydrogens (tertiary/aromatic N) is 4. The quantitative estimate of drug-likeness (QED) is 0.149. The molecule has 11 nitrogen and oxygen atoms in total. The zero-order valence-corrected chi connectivity index (χ0v) is 23.2. The van der Waals surface area contributed by atoms with Crippen molar-refractivity contribution in [3.8, 4) is 5.75 Å². The van der Waals surface area contributed by atoms with Gasteiger partial charge >= 0.3 is 12.4 Å². The average Bonchev–Trinajstić information content (AvgIpc) is 3.16. The zero-order valence-electron chi connectivity index (χ0n) is 20.6. The SMILES string of the molecule is COc1cccc(Sc2nc(N)nc3c2ncn3CC(C)OC(P(=O)(O)CC(F)(F)F)P(=O)(O)CC(F)(F)F)c1. The van der Waals surface area contributed by atoms with Gasteiger partial charge < -0.3 is 29.6 Å². The van der Waals surface area contributed by atoms with Gasteiger partial charge in [0.05, 0.1) is 26.1 Å². The largest absolute Gasteiger partial charge is 0.497 e. The molecule has 0 amide bonds. The number of ether oxygens (including phenoxy) is 2. The lowest BCUT2D eigenvalue weighted by molar-refractivity contribution is -0.109. The normalized spacial score (nSPS) is 17.2. The Morgan fingerprint density at radius 1 is 1.07 bits per heavy atom. The molecule has 2 heterocycles. The zero-order chi connectivity index (χ0) is 30.1. The monoisotopic (exact) mass is 637 g/mol. The molecule has 0 aliphatic rings. The molecule has 0 spiro atoms. The summed E-state index contributed by atoms with van der Waals surface area (Å²) in [5.41, 5.74) is 2.98. The summed E-state index contributed by atoms with van der Waals surface area (Å²) in [7, 11) is -10.2. The van der Waals surface area contributed by atoms with Crippen molar-refractivity contribution in [1.82, 2.24) is 19.5 Å². The molecule has 40 heavy (non-hydrogen) atoms. The van der Waals surface area contributed by atoms with Crippen LogP contribution >= 0.6 is 26.5 Å². The number of nitrogen functional groups attached to an aromatic ring is 1. The van der Waals surface area contributed by atoms with Crippen LogP contribution in [-0.2, 0) is 20.4 Å². The van der Waals surface area contributed by atoms with Crippen molar-refractivity contribution in [2.45, 2.75) is 47.4 Å². The molecule has 3 unspecified atom stereocenters.